The summed E-state index contributed by atoms with van der Waals surface area (Å²) in [5, 5.41) is 0. The molecule has 4 heteroatoms. The van der Waals surface area contributed by atoms with Crippen molar-refractivity contribution in [3.05, 3.63) is 10.3 Å². The van der Waals surface area contributed by atoms with Gasteiger partial charge in [0.2, 0.25) is 0 Å². The number of Topliss-reactive ketones (excluding diaryl/α,β-unsaturated/α-hetero) is 1. The summed E-state index contributed by atoms with van der Waals surface area (Å²) in [6, 6.07) is 0. The second kappa shape index (κ2) is 5.50. The predicted octanol–water partition coefficient (Wildman–Crippen LogP) is 2.72. The molecule has 1 saturated carbocycles. The minimum atomic E-state index is -0.768. The van der Waals surface area contributed by atoms with Crippen LogP contribution in [0.3, 0.4) is 0 Å². The molecule has 1 saturated heterocycles. The van der Waals surface area contributed by atoms with E-state index in [1.807, 2.05) is 0 Å². The summed E-state index contributed by atoms with van der Waals surface area (Å²) in [7, 11) is -0.768. The van der Waals surface area contributed by atoms with Crippen molar-refractivity contribution in [2.24, 2.45) is 11.8 Å². The Bertz CT molecular complexity index is 336. The van der Waals surface area contributed by atoms with Gasteiger partial charge in [-0.25, -0.2) is 0 Å². The lowest BCUT2D eigenvalue weighted by atomic mass is 9.93. The quantitative estimate of drug-likeness (QED) is 0.764. The molecule has 2 nitrogen and oxygen atoms in total. The lowest BCUT2D eigenvalue weighted by Gasteiger charge is -2.18. The Hall–Kier alpha value is -0.0900. The zero-order valence-corrected chi connectivity index (χ0v) is 11.2. The van der Waals surface area contributed by atoms with E-state index in [1.165, 1.54) is 0 Å². The number of rotatable bonds is 2. The van der Waals surface area contributed by atoms with E-state index in [2.05, 4.69) is 13.0 Å². The zero-order chi connectivity index (χ0) is 11.5. The van der Waals surface area contributed by atoms with Crippen molar-refractivity contribution in [2.75, 3.05) is 11.5 Å². The summed E-state index contributed by atoms with van der Waals surface area (Å²) >= 11 is 1.74. The summed E-state index contributed by atoms with van der Waals surface area (Å²) in [6.45, 7) is 2.16. The highest BCUT2D eigenvalue weighted by Crippen LogP contribution is 2.34. The van der Waals surface area contributed by atoms with E-state index in [-0.39, 0.29) is 0 Å². The lowest BCUT2D eigenvalue weighted by Crippen LogP contribution is -2.11. The smallest absolute Gasteiger partial charge is 0.133 e. The number of thioether (sulfide) groups is 1. The summed E-state index contributed by atoms with van der Waals surface area (Å²) in [5.41, 5.74) is 0. The SMILES string of the molecule is CC(C=C1SCCCS1=O)C1CCC(=O)C1. The Balaban J connectivity index is 1.99. The first-order valence-electron chi connectivity index (χ1n) is 5.91. The van der Waals surface area contributed by atoms with Crippen LogP contribution in [0.1, 0.15) is 32.6 Å². The molecule has 3 unspecified atom stereocenters. The molecule has 0 spiro atoms. The minimum absolute atomic E-state index is 0.396. The second-order valence-electron chi connectivity index (χ2n) is 4.64. The van der Waals surface area contributed by atoms with Gasteiger partial charge in [0.25, 0.3) is 0 Å². The van der Waals surface area contributed by atoms with Crippen molar-refractivity contribution in [1.82, 2.24) is 0 Å². The monoisotopic (exact) mass is 258 g/mol. The third-order valence-corrected chi connectivity index (χ3v) is 6.44. The number of carbonyl (C=O) groups excluding carboxylic acids is 1. The first-order valence-corrected chi connectivity index (χ1v) is 8.22. The number of hydrogen-bond acceptors (Lipinski definition) is 3. The summed E-state index contributed by atoms with van der Waals surface area (Å²) in [6.07, 6.45) is 5.70. The van der Waals surface area contributed by atoms with Gasteiger partial charge in [-0.1, -0.05) is 13.0 Å². The highest BCUT2D eigenvalue weighted by atomic mass is 32.2. The van der Waals surface area contributed by atoms with Gasteiger partial charge in [-0.15, -0.1) is 11.8 Å². The molecule has 0 aromatic rings. The van der Waals surface area contributed by atoms with Crippen LogP contribution in [-0.2, 0) is 15.6 Å². The minimum Gasteiger partial charge on any atom is -0.300 e. The van der Waals surface area contributed by atoms with E-state index >= 15 is 0 Å². The van der Waals surface area contributed by atoms with Gasteiger partial charge >= 0.3 is 0 Å². The number of hydrogen-bond donors (Lipinski definition) is 0. The fraction of sp³-hybridized carbons (Fsp3) is 0.750. The van der Waals surface area contributed by atoms with Crippen LogP contribution in [0.5, 0.6) is 0 Å². The van der Waals surface area contributed by atoms with Crippen molar-refractivity contribution in [2.45, 2.75) is 32.6 Å². The van der Waals surface area contributed by atoms with Crippen molar-refractivity contribution in [3.8, 4) is 0 Å². The summed E-state index contributed by atoms with van der Waals surface area (Å²) < 4.78 is 12.8. The third-order valence-electron chi connectivity index (χ3n) is 3.37. The van der Waals surface area contributed by atoms with Crippen LogP contribution < -0.4 is 0 Å². The molecule has 0 N–H and O–H groups in total. The van der Waals surface area contributed by atoms with Crippen LogP contribution in [0, 0.1) is 11.8 Å². The number of carbonyl (C=O) groups is 1. The van der Waals surface area contributed by atoms with Crippen molar-refractivity contribution in [3.63, 3.8) is 0 Å². The fourth-order valence-electron chi connectivity index (χ4n) is 2.30. The zero-order valence-electron chi connectivity index (χ0n) is 9.61. The molecule has 2 aliphatic rings. The number of ketones is 1. The van der Waals surface area contributed by atoms with E-state index in [1.54, 1.807) is 11.8 Å². The first-order chi connectivity index (χ1) is 7.66. The molecule has 90 valence electrons. The van der Waals surface area contributed by atoms with Crippen molar-refractivity contribution >= 4 is 28.3 Å². The standard InChI is InChI=1S/C12H18O2S2/c1-9(10-3-4-11(13)8-10)7-12-15-5-2-6-16(12)14/h7,9-10H,2-6,8H2,1H3. The maximum Gasteiger partial charge on any atom is 0.133 e. The van der Waals surface area contributed by atoms with Crippen LogP contribution in [0.25, 0.3) is 0 Å². The van der Waals surface area contributed by atoms with Crippen molar-refractivity contribution in [1.29, 1.82) is 0 Å². The normalized spacial score (nSPS) is 35.6. The van der Waals surface area contributed by atoms with Gasteiger partial charge in [-0.05, 0) is 30.4 Å². The van der Waals surface area contributed by atoms with Gasteiger partial charge in [0.05, 0.1) is 15.0 Å². The van der Waals surface area contributed by atoms with E-state index in [9.17, 15) is 9.00 Å². The van der Waals surface area contributed by atoms with E-state index < -0.39 is 10.8 Å². The van der Waals surface area contributed by atoms with E-state index in [0.29, 0.717) is 17.6 Å². The Labute approximate surface area is 104 Å². The highest BCUT2D eigenvalue weighted by molar-refractivity contribution is 8.17. The molecule has 2 fully saturated rings. The van der Waals surface area contributed by atoms with Crippen LogP contribution >= 0.6 is 11.8 Å². The molecule has 1 aliphatic carbocycles. The molecule has 0 amide bonds. The number of allylic oxidation sites excluding steroid dienone is 1. The van der Waals surface area contributed by atoms with Crippen LogP contribution in [0.2, 0.25) is 0 Å². The molecule has 0 radical (unpaired) electrons. The largest absolute Gasteiger partial charge is 0.300 e. The van der Waals surface area contributed by atoms with Gasteiger partial charge in [-0.3, -0.25) is 9.00 Å². The van der Waals surface area contributed by atoms with Gasteiger partial charge in [0, 0.05) is 18.6 Å². The molecule has 16 heavy (non-hydrogen) atoms. The maximum absolute atomic E-state index is 11.8. The molecule has 1 aliphatic heterocycles. The molecule has 0 aromatic carbocycles. The van der Waals surface area contributed by atoms with Crippen LogP contribution in [0.4, 0.5) is 0 Å². The molecule has 1 heterocycles. The molecule has 0 bridgehead atoms. The van der Waals surface area contributed by atoms with Crippen LogP contribution in [-0.4, -0.2) is 21.5 Å². The lowest BCUT2D eigenvalue weighted by molar-refractivity contribution is -0.117. The topological polar surface area (TPSA) is 34.1 Å². The van der Waals surface area contributed by atoms with Crippen LogP contribution in [0.15, 0.2) is 10.3 Å². The van der Waals surface area contributed by atoms with E-state index in [4.69, 9.17) is 0 Å². The van der Waals surface area contributed by atoms with Gasteiger partial charge in [0.15, 0.2) is 0 Å². The Morgan fingerprint density at radius 2 is 2.38 bits per heavy atom. The average Bonchev–Trinajstić information content (AvgIpc) is 2.68. The van der Waals surface area contributed by atoms with Crippen molar-refractivity contribution < 1.29 is 9.00 Å². The van der Waals surface area contributed by atoms with E-state index in [0.717, 1.165) is 41.4 Å². The second-order valence-corrected chi connectivity index (χ2v) is 7.57. The van der Waals surface area contributed by atoms with Gasteiger partial charge in [0.1, 0.15) is 5.78 Å². The molecular weight excluding hydrogens is 240 g/mol. The summed E-state index contributed by atoms with van der Waals surface area (Å²) in [5.74, 6) is 3.19. The summed E-state index contributed by atoms with van der Waals surface area (Å²) in [4.78, 5) is 11.2. The molecular formula is C12H18O2S2. The fourth-order valence-corrected chi connectivity index (χ4v) is 5.28. The third kappa shape index (κ3) is 2.98. The molecule has 0 aromatic heterocycles. The average molecular weight is 258 g/mol. The Kier molecular flexibility index (Phi) is 4.25. The highest BCUT2D eigenvalue weighted by Gasteiger charge is 2.27. The maximum atomic E-state index is 11.8. The Morgan fingerprint density at radius 1 is 1.56 bits per heavy atom. The Morgan fingerprint density at radius 3 is 3.00 bits per heavy atom. The predicted molar refractivity (Wildman–Crippen MR) is 69.7 cm³/mol. The molecule has 2 rings (SSSR count). The molecule has 3 atom stereocenters. The van der Waals surface area contributed by atoms with Gasteiger partial charge in [-0.2, -0.15) is 0 Å². The van der Waals surface area contributed by atoms with Gasteiger partial charge < -0.3 is 0 Å². The first kappa shape index (κ1) is 12.4.